The molecule has 0 fully saturated rings. The van der Waals surface area contributed by atoms with E-state index in [1.807, 2.05) is 5.43 Å². The summed E-state index contributed by atoms with van der Waals surface area (Å²) in [5.41, 5.74) is 2.17. The molecule has 7 heteroatoms. The number of hydrogen-bond donors (Lipinski definition) is 2. The molecule has 1 atom stereocenters. The number of nitrogens with two attached hydrogens (primary N) is 1. The second-order valence-electron chi connectivity index (χ2n) is 3.62. The number of halogens is 5. The quantitative estimate of drug-likeness (QED) is 0.502. The van der Waals surface area contributed by atoms with Crippen LogP contribution in [0.3, 0.4) is 0 Å². The summed E-state index contributed by atoms with van der Waals surface area (Å²) in [6.45, 7) is 0. The van der Waals surface area contributed by atoms with E-state index < -0.39 is 24.5 Å². The molecule has 0 radical (unpaired) electrons. The van der Waals surface area contributed by atoms with Gasteiger partial charge >= 0.3 is 6.18 Å². The van der Waals surface area contributed by atoms with Crippen molar-refractivity contribution < 1.29 is 17.6 Å². The van der Waals surface area contributed by atoms with E-state index in [9.17, 15) is 17.6 Å². The highest BCUT2D eigenvalue weighted by Gasteiger charge is 2.31. The van der Waals surface area contributed by atoms with Gasteiger partial charge in [-0.25, -0.2) is 4.39 Å². The fourth-order valence-corrected chi connectivity index (χ4v) is 1.58. The Bertz CT molecular complexity index is 381. The third kappa shape index (κ3) is 4.89. The largest absolute Gasteiger partial charge is 0.390 e. The Labute approximate surface area is 101 Å². The molecule has 96 valence electrons. The number of nitrogens with one attached hydrogen (secondary N) is 1. The van der Waals surface area contributed by atoms with Gasteiger partial charge in [0.15, 0.2) is 0 Å². The Hall–Kier alpha value is -0.850. The van der Waals surface area contributed by atoms with Gasteiger partial charge in [-0.1, -0.05) is 17.7 Å². The van der Waals surface area contributed by atoms with Crippen molar-refractivity contribution >= 4 is 11.6 Å². The van der Waals surface area contributed by atoms with Crippen molar-refractivity contribution in [1.29, 1.82) is 0 Å². The van der Waals surface area contributed by atoms with Gasteiger partial charge in [0.2, 0.25) is 0 Å². The van der Waals surface area contributed by atoms with Gasteiger partial charge in [0.05, 0.1) is 6.42 Å². The summed E-state index contributed by atoms with van der Waals surface area (Å²) < 4.78 is 49.8. The zero-order chi connectivity index (χ0) is 13.1. The molecule has 0 aliphatic carbocycles. The topological polar surface area (TPSA) is 38.0 Å². The van der Waals surface area contributed by atoms with E-state index in [2.05, 4.69) is 0 Å². The van der Waals surface area contributed by atoms with Crippen LogP contribution >= 0.6 is 11.6 Å². The van der Waals surface area contributed by atoms with E-state index in [0.29, 0.717) is 0 Å². The highest BCUT2D eigenvalue weighted by molar-refractivity contribution is 6.30. The first-order valence-electron chi connectivity index (χ1n) is 4.78. The van der Waals surface area contributed by atoms with Crippen LogP contribution < -0.4 is 11.3 Å². The lowest BCUT2D eigenvalue weighted by Gasteiger charge is -2.18. The predicted octanol–water partition coefficient (Wildman–Crippen LogP) is 2.81. The first kappa shape index (κ1) is 14.2. The van der Waals surface area contributed by atoms with Crippen molar-refractivity contribution in [3.05, 3.63) is 34.6 Å². The van der Waals surface area contributed by atoms with Crippen LogP contribution in [0.2, 0.25) is 5.02 Å². The van der Waals surface area contributed by atoms with E-state index in [-0.39, 0.29) is 17.0 Å². The molecule has 0 saturated heterocycles. The lowest BCUT2D eigenvalue weighted by atomic mass is 10.0. The van der Waals surface area contributed by atoms with E-state index in [1.54, 1.807) is 0 Å². The molecular formula is C10H11ClF4N2. The maximum Gasteiger partial charge on any atom is 0.390 e. The summed E-state index contributed by atoms with van der Waals surface area (Å²) in [5.74, 6) is 4.37. The van der Waals surface area contributed by atoms with Gasteiger partial charge in [0.1, 0.15) is 5.82 Å². The summed E-state index contributed by atoms with van der Waals surface area (Å²) in [5, 5.41) is 0.194. The van der Waals surface area contributed by atoms with Gasteiger partial charge < -0.3 is 0 Å². The van der Waals surface area contributed by atoms with Crippen molar-refractivity contribution in [2.24, 2.45) is 5.84 Å². The Balaban J connectivity index is 2.74. The molecule has 0 saturated carbocycles. The molecular weight excluding hydrogens is 260 g/mol. The van der Waals surface area contributed by atoms with Gasteiger partial charge in [-0.05, 0) is 24.1 Å². The second kappa shape index (κ2) is 5.66. The zero-order valence-electron chi connectivity index (χ0n) is 8.69. The lowest BCUT2D eigenvalue weighted by Crippen LogP contribution is -2.40. The number of hydrazine groups is 1. The van der Waals surface area contributed by atoms with Crippen LogP contribution in [-0.2, 0) is 6.42 Å². The fourth-order valence-electron chi connectivity index (χ4n) is 1.42. The smallest absolute Gasteiger partial charge is 0.271 e. The van der Waals surface area contributed by atoms with Crippen LogP contribution in [0.1, 0.15) is 12.0 Å². The Kier molecular flexibility index (Phi) is 4.73. The number of benzene rings is 1. The van der Waals surface area contributed by atoms with Crippen molar-refractivity contribution in [2.45, 2.75) is 25.1 Å². The highest BCUT2D eigenvalue weighted by atomic mass is 35.5. The standard InChI is InChI=1S/C10H11ClF4N2/c11-7-2-1-6(9(12)4-7)3-8(17-16)5-10(13,14)15/h1-2,4,8,17H,3,5,16H2. The summed E-state index contributed by atoms with van der Waals surface area (Å²) in [6.07, 6.45) is -5.62. The summed E-state index contributed by atoms with van der Waals surface area (Å²) in [7, 11) is 0. The van der Waals surface area contributed by atoms with Gasteiger partial charge in [-0.15, -0.1) is 0 Å². The summed E-state index contributed by atoms with van der Waals surface area (Å²) >= 11 is 5.53. The molecule has 0 amide bonds. The van der Waals surface area contributed by atoms with Crippen LogP contribution in [0.25, 0.3) is 0 Å². The van der Waals surface area contributed by atoms with E-state index >= 15 is 0 Å². The molecule has 2 nitrogen and oxygen atoms in total. The first-order chi connectivity index (χ1) is 7.81. The molecule has 1 aromatic carbocycles. The first-order valence-corrected chi connectivity index (χ1v) is 5.16. The molecule has 1 rings (SSSR count). The summed E-state index contributed by atoms with van der Waals surface area (Å²) in [6, 6.07) is 2.75. The van der Waals surface area contributed by atoms with Crippen LogP contribution in [0.4, 0.5) is 17.6 Å². The average molecular weight is 271 g/mol. The molecule has 0 heterocycles. The van der Waals surface area contributed by atoms with E-state index in [4.69, 9.17) is 17.4 Å². The van der Waals surface area contributed by atoms with E-state index in [0.717, 1.165) is 6.07 Å². The third-order valence-electron chi connectivity index (χ3n) is 2.19. The molecule has 0 aliphatic heterocycles. The molecule has 1 unspecified atom stereocenters. The van der Waals surface area contributed by atoms with Crippen molar-refractivity contribution in [2.75, 3.05) is 0 Å². The number of alkyl halides is 3. The van der Waals surface area contributed by atoms with Crippen LogP contribution in [0.15, 0.2) is 18.2 Å². The van der Waals surface area contributed by atoms with Crippen molar-refractivity contribution in [3.8, 4) is 0 Å². The second-order valence-corrected chi connectivity index (χ2v) is 4.06. The molecule has 3 N–H and O–H groups in total. The maximum atomic E-state index is 13.3. The van der Waals surface area contributed by atoms with Gasteiger partial charge in [0, 0.05) is 11.1 Å². The molecule has 0 bridgehead atoms. The van der Waals surface area contributed by atoms with Crippen LogP contribution in [-0.4, -0.2) is 12.2 Å². The Morgan fingerprint density at radius 1 is 1.35 bits per heavy atom. The van der Waals surface area contributed by atoms with Gasteiger partial charge in [0.25, 0.3) is 0 Å². The highest BCUT2D eigenvalue weighted by Crippen LogP contribution is 2.24. The number of rotatable bonds is 4. The predicted molar refractivity (Wildman–Crippen MR) is 56.9 cm³/mol. The normalized spacial score (nSPS) is 13.8. The Morgan fingerprint density at radius 2 is 2.00 bits per heavy atom. The van der Waals surface area contributed by atoms with Gasteiger partial charge in [-0.3, -0.25) is 11.3 Å². The molecule has 0 aromatic heterocycles. The van der Waals surface area contributed by atoms with E-state index in [1.165, 1.54) is 12.1 Å². The minimum absolute atomic E-state index is 0.140. The SMILES string of the molecule is NNC(Cc1ccc(Cl)cc1F)CC(F)(F)F. The lowest BCUT2D eigenvalue weighted by molar-refractivity contribution is -0.140. The van der Waals surface area contributed by atoms with Crippen LogP contribution in [0, 0.1) is 5.82 Å². The maximum absolute atomic E-state index is 13.3. The third-order valence-corrected chi connectivity index (χ3v) is 2.43. The monoisotopic (exact) mass is 270 g/mol. The van der Waals surface area contributed by atoms with Crippen molar-refractivity contribution in [1.82, 2.24) is 5.43 Å². The molecule has 1 aromatic rings. The minimum atomic E-state index is -4.35. The fraction of sp³-hybridized carbons (Fsp3) is 0.400. The minimum Gasteiger partial charge on any atom is -0.271 e. The number of hydrogen-bond acceptors (Lipinski definition) is 2. The zero-order valence-corrected chi connectivity index (χ0v) is 9.45. The summed E-state index contributed by atoms with van der Waals surface area (Å²) in [4.78, 5) is 0. The molecule has 0 spiro atoms. The Morgan fingerprint density at radius 3 is 2.47 bits per heavy atom. The van der Waals surface area contributed by atoms with Gasteiger partial charge in [-0.2, -0.15) is 13.2 Å². The molecule has 17 heavy (non-hydrogen) atoms. The van der Waals surface area contributed by atoms with Crippen LogP contribution in [0.5, 0.6) is 0 Å². The molecule has 0 aliphatic rings. The average Bonchev–Trinajstić information content (AvgIpc) is 2.19. The van der Waals surface area contributed by atoms with Crippen molar-refractivity contribution in [3.63, 3.8) is 0 Å².